The van der Waals surface area contributed by atoms with E-state index in [1.807, 2.05) is 0 Å². The minimum atomic E-state index is 0. The van der Waals surface area contributed by atoms with E-state index in [4.69, 9.17) is 0 Å². The molecule has 0 bridgehead atoms. The molecule has 0 fully saturated rings. The van der Waals surface area contributed by atoms with Gasteiger partial charge in [0.1, 0.15) is 0 Å². The molecule has 0 saturated carbocycles. The summed E-state index contributed by atoms with van der Waals surface area (Å²) in [6.45, 7) is 0. The standard InChI is InChI=1S/ClH.5Na.5H/h1H;;;;;;;;;;. The fourth-order valence-corrected chi connectivity index (χ4v) is 0. The van der Waals surface area contributed by atoms with Crippen molar-refractivity contribution in [3.05, 3.63) is 0 Å². The van der Waals surface area contributed by atoms with Gasteiger partial charge in [0, 0.05) is 0 Å². The third-order valence-electron chi connectivity index (χ3n) is 0. The number of rotatable bonds is 0. The molecule has 0 spiro atoms. The minimum absolute atomic E-state index is 0. The van der Waals surface area contributed by atoms with Gasteiger partial charge in [-0.1, -0.05) is 0 Å². The summed E-state index contributed by atoms with van der Waals surface area (Å²) in [6, 6.07) is 0. The topological polar surface area (TPSA) is 0 Å². The quantitative estimate of drug-likeness (QED) is 0.332. The first kappa shape index (κ1) is 42.7. The van der Waals surface area contributed by atoms with Gasteiger partial charge >= 0.3 is 148 Å². The van der Waals surface area contributed by atoms with Gasteiger partial charge in [-0.25, -0.2) is 0 Å². The molecule has 18 valence electrons. The van der Waals surface area contributed by atoms with Crippen LogP contribution in [0.5, 0.6) is 0 Å². The molecule has 0 unspecified atom stereocenters. The second-order valence-electron chi connectivity index (χ2n) is 0. The third-order valence-corrected chi connectivity index (χ3v) is 0. The molecule has 0 rings (SSSR count). The van der Waals surface area contributed by atoms with Gasteiger partial charge in [-0.3, -0.25) is 0 Å². The first-order chi connectivity index (χ1) is 0. The van der Waals surface area contributed by atoms with Crippen LogP contribution in [0.15, 0.2) is 0 Å². The van der Waals surface area contributed by atoms with E-state index in [9.17, 15) is 0 Å². The summed E-state index contributed by atoms with van der Waals surface area (Å²) < 4.78 is 0. The zero-order valence-electron chi connectivity index (χ0n) is 0.408. The molecule has 0 heterocycles. The molecular weight excluding hydrogens is 150 g/mol. The van der Waals surface area contributed by atoms with Crippen molar-refractivity contribution in [3.8, 4) is 0 Å². The zero-order valence-corrected chi connectivity index (χ0v) is 1.22. The fourth-order valence-electron chi connectivity index (χ4n) is 0. The summed E-state index contributed by atoms with van der Waals surface area (Å²) in [5, 5.41) is 0. The number of hydrogen-bond acceptors (Lipinski definition) is 0. The Morgan fingerprint density at radius 3 is 0.333 bits per heavy atom. The normalized spacial score (nSPS) is 0. The van der Waals surface area contributed by atoms with Gasteiger partial charge in [0.15, 0.2) is 0 Å². The van der Waals surface area contributed by atoms with Gasteiger partial charge in [-0.05, 0) is 0 Å². The van der Waals surface area contributed by atoms with Crippen molar-refractivity contribution in [1.29, 1.82) is 0 Å². The Kier molecular flexibility index (Phi) is 226. The Labute approximate surface area is 156 Å². The van der Waals surface area contributed by atoms with Gasteiger partial charge < -0.3 is 0 Å². The Hall–Kier alpha value is 5.29. The van der Waals surface area contributed by atoms with Crippen molar-refractivity contribution < 1.29 is 0 Å². The van der Waals surface area contributed by atoms with Gasteiger partial charge in [0.05, 0.1) is 0 Å². The average Bonchev–Trinajstić information content (AvgIpc) is 0. The summed E-state index contributed by atoms with van der Waals surface area (Å²) in [4.78, 5) is 0. The molecule has 6 heteroatoms. The molecule has 0 aliphatic heterocycles. The molecule has 0 aromatic rings. The summed E-state index contributed by atoms with van der Waals surface area (Å²) >= 11 is 0. The third kappa shape index (κ3) is 22.8. The first-order valence-corrected chi connectivity index (χ1v) is 0. The summed E-state index contributed by atoms with van der Waals surface area (Å²) in [6.07, 6.45) is 0. The van der Waals surface area contributed by atoms with E-state index < -0.39 is 0 Å². The van der Waals surface area contributed by atoms with E-state index in [2.05, 4.69) is 0 Å². The molecule has 0 aromatic heterocycles. The van der Waals surface area contributed by atoms with Crippen LogP contribution in [-0.2, 0) is 0 Å². The van der Waals surface area contributed by atoms with E-state index in [1.54, 1.807) is 0 Å². The van der Waals surface area contributed by atoms with Gasteiger partial charge in [-0.2, -0.15) is 0 Å². The van der Waals surface area contributed by atoms with Crippen molar-refractivity contribution in [2.24, 2.45) is 0 Å². The Balaban J connectivity index is 0. The molecule has 0 atom stereocenters. The SMILES string of the molecule is Cl.[NaH].[NaH].[NaH].[NaH].[NaH]. The molecule has 6 heavy (non-hydrogen) atoms. The van der Waals surface area contributed by atoms with E-state index in [0.29, 0.717) is 0 Å². The van der Waals surface area contributed by atoms with Crippen LogP contribution in [0.1, 0.15) is 0 Å². The molecular formula is H6ClNa5. The van der Waals surface area contributed by atoms with E-state index in [0.717, 1.165) is 0 Å². The van der Waals surface area contributed by atoms with Crippen LogP contribution in [0.3, 0.4) is 0 Å². The maximum atomic E-state index is 0. The van der Waals surface area contributed by atoms with Crippen molar-refractivity contribution in [1.82, 2.24) is 0 Å². The molecule has 0 aromatic carbocycles. The van der Waals surface area contributed by atoms with Crippen LogP contribution < -0.4 is 0 Å². The molecule has 0 radical (unpaired) electrons. The van der Waals surface area contributed by atoms with Crippen molar-refractivity contribution in [3.63, 3.8) is 0 Å². The van der Waals surface area contributed by atoms with Gasteiger partial charge in [0.25, 0.3) is 0 Å². The number of hydrogen-bond donors (Lipinski definition) is 0. The molecule has 0 amide bonds. The Bertz CT molecular complexity index is 3.90. The van der Waals surface area contributed by atoms with Crippen LogP contribution in [0.4, 0.5) is 0 Å². The number of halogens is 1. The van der Waals surface area contributed by atoms with Gasteiger partial charge in [0.2, 0.25) is 0 Å². The monoisotopic (exact) mass is 156 g/mol. The van der Waals surface area contributed by atoms with Crippen molar-refractivity contribution in [2.75, 3.05) is 0 Å². The fraction of sp³-hybridized carbons (Fsp3) is 0. The Morgan fingerprint density at radius 1 is 0.333 bits per heavy atom. The predicted octanol–water partition coefficient (Wildman–Crippen LogP) is -2.82. The second kappa shape index (κ2) is 31.7. The van der Waals surface area contributed by atoms with E-state index in [1.165, 1.54) is 0 Å². The van der Waals surface area contributed by atoms with Crippen LogP contribution in [-0.4, -0.2) is 148 Å². The Morgan fingerprint density at radius 2 is 0.333 bits per heavy atom. The predicted molar refractivity (Wildman–Crippen MR) is 43.0 cm³/mol. The van der Waals surface area contributed by atoms with Crippen LogP contribution in [0.25, 0.3) is 0 Å². The summed E-state index contributed by atoms with van der Waals surface area (Å²) in [7, 11) is 0. The summed E-state index contributed by atoms with van der Waals surface area (Å²) in [5.41, 5.74) is 0. The van der Waals surface area contributed by atoms with Gasteiger partial charge in [-0.15, -0.1) is 12.4 Å². The molecule has 0 saturated heterocycles. The average molecular weight is 156 g/mol. The molecule has 0 nitrogen and oxygen atoms in total. The molecule has 0 aliphatic rings. The van der Waals surface area contributed by atoms with Crippen molar-refractivity contribution >= 4 is 160 Å². The first-order valence-electron chi connectivity index (χ1n) is 0. The van der Waals surface area contributed by atoms with E-state index >= 15 is 0 Å². The summed E-state index contributed by atoms with van der Waals surface area (Å²) in [5.74, 6) is 0. The van der Waals surface area contributed by atoms with E-state index in [-0.39, 0.29) is 160 Å². The molecule has 0 N–H and O–H groups in total. The maximum absolute atomic E-state index is 0. The molecule has 0 aliphatic carbocycles. The second-order valence-corrected chi connectivity index (χ2v) is 0. The van der Waals surface area contributed by atoms with Crippen LogP contribution >= 0.6 is 12.4 Å². The van der Waals surface area contributed by atoms with Crippen LogP contribution in [0.2, 0.25) is 0 Å². The van der Waals surface area contributed by atoms with Crippen LogP contribution in [0, 0.1) is 0 Å². The van der Waals surface area contributed by atoms with Crippen molar-refractivity contribution in [2.45, 2.75) is 0 Å². The zero-order chi connectivity index (χ0) is 0.